The minimum Gasteiger partial charge on any atom is -0.392 e. The predicted molar refractivity (Wildman–Crippen MR) is 80.6 cm³/mol. The number of benzene rings is 2. The highest BCUT2D eigenvalue weighted by molar-refractivity contribution is 5.92. The van der Waals surface area contributed by atoms with E-state index in [1.54, 1.807) is 24.3 Å². The van der Waals surface area contributed by atoms with Crippen LogP contribution >= 0.6 is 0 Å². The summed E-state index contributed by atoms with van der Waals surface area (Å²) in [6, 6.07) is 13.2. The molecule has 20 heavy (non-hydrogen) atoms. The number of aliphatic hydroxyl groups is 1. The second-order valence-electron chi connectivity index (χ2n) is 5.00. The van der Waals surface area contributed by atoms with Crippen molar-refractivity contribution in [1.29, 1.82) is 0 Å². The van der Waals surface area contributed by atoms with Gasteiger partial charge in [0.1, 0.15) is 0 Å². The molecule has 2 rings (SSSR count). The second kappa shape index (κ2) is 6.35. The zero-order valence-corrected chi connectivity index (χ0v) is 11.8. The van der Waals surface area contributed by atoms with Crippen molar-refractivity contribution in [1.82, 2.24) is 0 Å². The molecule has 0 heterocycles. The number of rotatable bonds is 4. The highest BCUT2D eigenvalue weighted by atomic mass is 16.3. The summed E-state index contributed by atoms with van der Waals surface area (Å²) in [5.74, 6) is -0.0370. The van der Waals surface area contributed by atoms with E-state index in [0.29, 0.717) is 6.42 Å². The van der Waals surface area contributed by atoms with Gasteiger partial charge in [0, 0.05) is 5.69 Å². The van der Waals surface area contributed by atoms with Crippen molar-refractivity contribution in [3.05, 3.63) is 64.7 Å². The molecule has 2 N–H and O–H groups in total. The third kappa shape index (κ3) is 3.68. The molecule has 0 radical (unpaired) electrons. The van der Waals surface area contributed by atoms with Crippen LogP contribution in [0.5, 0.6) is 0 Å². The van der Waals surface area contributed by atoms with Gasteiger partial charge in [-0.15, -0.1) is 0 Å². The van der Waals surface area contributed by atoms with E-state index in [4.69, 9.17) is 5.11 Å². The monoisotopic (exact) mass is 269 g/mol. The molecule has 0 aliphatic heterocycles. The van der Waals surface area contributed by atoms with E-state index >= 15 is 0 Å². The van der Waals surface area contributed by atoms with Crippen LogP contribution in [-0.2, 0) is 17.8 Å². The van der Waals surface area contributed by atoms with Crippen LogP contribution in [0.4, 0.5) is 5.69 Å². The number of hydrogen-bond donors (Lipinski definition) is 2. The quantitative estimate of drug-likeness (QED) is 0.896. The molecule has 0 saturated heterocycles. The summed E-state index contributed by atoms with van der Waals surface area (Å²) in [5, 5.41) is 11.8. The number of carbonyl (C=O) groups excluding carboxylic acids is 1. The molecule has 0 spiro atoms. The van der Waals surface area contributed by atoms with E-state index in [0.717, 1.165) is 16.8 Å². The molecule has 2 aromatic carbocycles. The topological polar surface area (TPSA) is 49.3 Å². The van der Waals surface area contributed by atoms with E-state index in [1.807, 2.05) is 25.1 Å². The Bertz CT molecular complexity index is 603. The lowest BCUT2D eigenvalue weighted by atomic mass is 10.0. The third-order valence-electron chi connectivity index (χ3n) is 3.36. The molecule has 0 aliphatic carbocycles. The number of carbonyl (C=O) groups is 1. The van der Waals surface area contributed by atoms with E-state index in [1.165, 1.54) is 11.1 Å². The molecular weight excluding hydrogens is 250 g/mol. The first-order valence-corrected chi connectivity index (χ1v) is 6.64. The van der Waals surface area contributed by atoms with Gasteiger partial charge in [-0.2, -0.15) is 0 Å². The lowest BCUT2D eigenvalue weighted by Crippen LogP contribution is -2.14. The zero-order chi connectivity index (χ0) is 14.5. The minimum absolute atomic E-state index is 0.0108. The number of aryl methyl sites for hydroxylation is 2. The smallest absolute Gasteiger partial charge is 0.228 e. The average Bonchev–Trinajstić information content (AvgIpc) is 2.44. The van der Waals surface area contributed by atoms with Gasteiger partial charge in [-0.1, -0.05) is 30.3 Å². The van der Waals surface area contributed by atoms with Crippen molar-refractivity contribution in [3.8, 4) is 0 Å². The third-order valence-corrected chi connectivity index (χ3v) is 3.36. The first-order valence-electron chi connectivity index (χ1n) is 6.64. The lowest BCUT2D eigenvalue weighted by molar-refractivity contribution is -0.115. The second-order valence-corrected chi connectivity index (χ2v) is 5.00. The van der Waals surface area contributed by atoms with Gasteiger partial charge < -0.3 is 10.4 Å². The van der Waals surface area contributed by atoms with Crippen LogP contribution < -0.4 is 5.32 Å². The standard InChI is InChI=1S/C17H19NO2/c1-12-3-4-15(9-13(12)2)10-17(20)18-16-7-5-14(11-19)6-8-16/h3-9,19H,10-11H2,1-2H3,(H,18,20). The lowest BCUT2D eigenvalue weighted by Gasteiger charge is -2.07. The fourth-order valence-corrected chi connectivity index (χ4v) is 2.00. The van der Waals surface area contributed by atoms with Gasteiger partial charge in [0.05, 0.1) is 13.0 Å². The number of nitrogens with one attached hydrogen (secondary N) is 1. The summed E-state index contributed by atoms with van der Waals surface area (Å²) in [6.07, 6.45) is 0.364. The Hall–Kier alpha value is -2.13. The van der Waals surface area contributed by atoms with Crippen LogP contribution in [0.2, 0.25) is 0 Å². The van der Waals surface area contributed by atoms with Crippen LogP contribution in [0.25, 0.3) is 0 Å². The maximum atomic E-state index is 12.0. The van der Waals surface area contributed by atoms with Crippen LogP contribution in [0.1, 0.15) is 22.3 Å². The molecule has 0 atom stereocenters. The zero-order valence-electron chi connectivity index (χ0n) is 11.8. The van der Waals surface area contributed by atoms with Crippen molar-refractivity contribution in [3.63, 3.8) is 0 Å². The Morgan fingerprint density at radius 2 is 1.65 bits per heavy atom. The Kier molecular flexibility index (Phi) is 4.53. The van der Waals surface area contributed by atoms with E-state index in [9.17, 15) is 4.79 Å². The molecule has 0 bridgehead atoms. The summed E-state index contributed by atoms with van der Waals surface area (Å²) >= 11 is 0. The van der Waals surface area contributed by atoms with Crippen molar-refractivity contribution >= 4 is 11.6 Å². The maximum absolute atomic E-state index is 12.0. The number of anilines is 1. The van der Waals surface area contributed by atoms with Crippen molar-refractivity contribution < 1.29 is 9.90 Å². The highest BCUT2D eigenvalue weighted by Crippen LogP contribution is 2.13. The van der Waals surface area contributed by atoms with Crippen LogP contribution in [0.15, 0.2) is 42.5 Å². The largest absolute Gasteiger partial charge is 0.392 e. The molecule has 1 amide bonds. The number of hydrogen-bond acceptors (Lipinski definition) is 2. The normalized spacial score (nSPS) is 10.3. The molecule has 104 valence electrons. The van der Waals surface area contributed by atoms with E-state index in [-0.39, 0.29) is 12.5 Å². The van der Waals surface area contributed by atoms with Gasteiger partial charge in [0.25, 0.3) is 0 Å². The summed E-state index contributed by atoms with van der Waals surface area (Å²) in [6.45, 7) is 4.11. The molecule has 3 heteroatoms. The van der Waals surface area contributed by atoms with Gasteiger partial charge in [-0.25, -0.2) is 0 Å². The molecule has 0 aromatic heterocycles. The Labute approximate surface area is 119 Å². The first kappa shape index (κ1) is 14.3. The molecule has 0 unspecified atom stereocenters. The van der Waals surface area contributed by atoms with Gasteiger partial charge >= 0.3 is 0 Å². The average molecular weight is 269 g/mol. The van der Waals surface area contributed by atoms with Crippen LogP contribution in [0.3, 0.4) is 0 Å². The maximum Gasteiger partial charge on any atom is 0.228 e. The first-order chi connectivity index (χ1) is 9.58. The van der Waals surface area contributed by atoms with Crippen LogP contribution in [-0.4, -0.2) is 11.0 Å². The highest BCUT2D eigenvalue weighted by Gasteiger charge is 2.05. The van der Waals surface area contributed by atoms with E-state index < -0.39 is 0 Å². The van der Waals surface area contributed by atoms with Crippen molar-refractivity contribution in [2.75, 3.05) is 5.32 Å². The van der Waals surface area contributed by atoms with Crippen molar-refractivity contribution in [2.45, 2.75) is 26.9 Å². The van der Waals surface area contributed by atoms with Gasteiger partial charge in [0.2, 0.25) is 5.91 Å². The SMILES string of the molecule is Cc1ccc(CC(=O)Nc2ccc(CO)cc2)cc1C. The fraction of sp³-hybridized carbons (Fsp3) is 0.235. The Morgan fingerprint density at radius 1 is 1.00 bits per heavy atom. The molecule has 3 nitrogen and oxygen atoms in total. The molecule has 0 saturated carbocycles. The van der Waals surface area contributed by atoms with Crippen molar-refractivity contribution in [2.24, 2.45) is 0 Å². The summed E-state index contributed by atoms with van der Waals surface area (Å²) in [4.78, 5) is 12.0. The fourth-order valence-electron chi connectivity index (χ4n) is 2.00. The van der Waals surface area contributed by atoms with Gasteiger partial charge in [-0.3, -0.25) is 4.79 Å². The minimum atomic E-state index is -0.0370. The molecule has 0 fully saturated rings. The molecule has 0 aliphatic rings. The Balaban J connectivity index is 1.99. The number of amides is 1. The predicted octanol–water partition coefficient (Wildman–Crippen LogP) is 2.98. The summed E-state index contributed by atoms with van der Waals surface area (Å²) < 4.78 is 0. The summed E-state index contributed by atoms with van der Waals surface area (Å²) in [7, 11) is 0. The Morgan fingerprint density at radius 3 is 2.25 bits per heavy atom. The van der Waals surface area contributed by atoms with Gasteiger partial charge in [0.15, 0.2) is 0 Å². The molecular formula is C17H19NO2. The van der Waals surface area contributed by atoms with E-state index in [2.05, 4.69) is 12.2 Å². The van der Waals surface area contributed by atoms with Gasteiger partial charge in [-0.05, 0) is 48.2 Å². The molecule has 2 aromatic rings. The van der Waals surface area contributed by atoms with Crippen LogP contribution in [0, 0.1) is 13.8 Å². The number of aliphatic hydroxyl groups excluding tert-OH is 1. The summed E-state index contributed by atoms with van der Waals surface area (Å²) in [5.41, 5.74) is 5.02.